The van der Waals surface area contributed by atoms with Gasteiger partial charge in [-0.05, 0) is 32.4 Å². The third kappa shape index (κ3) is 3.79. The number of likely N-dealkylation sites (tertiary alicyclic amines) is 1. The SMILES string of the molecule is C=CCN(C(=O)C1N([C@H](C)CO)C(=O)[C@@H]2[C@@H](C(=O)OCC)[C@@H]3SC12CC3Br)c1ccccc1Cl. The van der Waals surface area contributed by atoms with Gasteiger partial charge in [-0.2, -0.15) is 0 Å². The number of benzene rings is 1. The van der Waals surface area contributed by atoms with E-state index in [-0.39, 0.29) is 41.6 Å². The monoisotopic (exact) mass is 570 g/mol. The minimum Gasteiger partial charge on any atom is -0.466 e. The van der Waals surface area contributed by atoms with Crippen LogP contribution in [0.25, 0.3) is 0 Å². The van der Waals surface area contributed by atoms with Crippen LogP contribution < -0.4 is 4.90 Å². The number of hydrogen-bond donors (Lipinski definition) is 1. The molecule has 3 aliphatic rings. The first-order valence-corrected chi connectivity index (χ1v) is 13.5. The molecule has 10 heteroatoms. The summed E-state index contributed by atoms with van der Waals surface area (Å²) in [7, 11) is 0. The van der Waals surface area contributed by atoms with Crippen molar-refractivity contribution in [1.29, 1.82) is 0 Å². The Morgan fingerprint density at radius 3 is 2.79 bits per heavy atom. The van der Waals surface area contributed by atoms with Crippen LogP contribution in [0.5, 0.6) is 0 Å². The number of amides is 2. The number of nitrogens with zero attached hydrogens (tertiary/aromatic N) is 2. The highest BCUT2D eigenvalue weighted by atomic mass is 79.9. The Labute approximate surface area is 216 Å². The normalized spacial score (nSPS) is 32.4. The lowest BCUT2D eigenvalue weighted by molar-refractivity contribution is -0.154. The lowest BCUT2D eigenvalue weighted by atomic mass is 9.71. The maximum absolute atomic E-state index is 14.3. The number of aliphatic hydroxyl groups is 1. The van der Waals surface area contributed by atoms with E-state index in [4.69, 9.17) is 16.3 Å². The van der Waals surface area contributed by atoms with Crippen molar-refractivity contribution in [3.63, 3.8) is 0 Å². The van der Waals surface area contributed by atoms with Crippen LogP contribution >= 0.6 is 39.3 Å². The van der Waals surface area contributed by atoms with E-state index in [9.17, 15) is 19.5 Å². The molecule has 7 nitrogen and oxygen atoms in total. The molecule has 2 bridgehead atoms. The van der Waals surface area contributed by atoms with E-state index in [1.54, 1.807) is 44.2 Å². The third-order valence-corrected chi connectivity index (χ3v) is 10.5. The predicted octanol–water partition coefficient (Wildman–Crippen LogP) is 3.27. The molecule has 184 valence electrons. The molecule has 3 saturated heterocycles. The summed E-state index contributed by atoms with van der Waals surface area (Å²) in [5.74, 6) is -2.36. The molecule has 1 aromatic rings. The van der Waals surface area contributed by atoms with Crippen LogP contribution in [0.4, 0.5) is 5.69 Å². The molecule has 3 unspecified atom stereocenters. The average molecular weight is 572 g/mol. The summed E-state index contributed by atoms with van der Waals surface area (Å²) in [6, 6.07) is 5.55. The van der Waals surface area contributed by atoms with Gasteiger partial charge in [0.05, 0.1) is 46.5 Å². The average Bonchev–Trinajstić information content (AvgIpc) is 3.40. The standard InChI is InChI=1S/C24H28BrClN2O5S/c1-4-10-27(16-9-7-6-8-15(16)26)22(31)20-24-11-14(25)19(34-24)17(23(32)33-5-2)18(24)21(30)28(20)13(3)12-29/h4,6-9,13-14,17-20,29H,1,5,10-12H2,2-3H3/t13-,14?,17-,18+,19-,20?,24?/m1/s1. The Hall–Kier alpha value is -1.55. The molecule has 2 amide bonds. The number of rotatable bonds is 8. The van der Waals surface area contributed by atoms with E-state index in [1.807, 2.05) is 0 Å². The van der Waals surface area contributed by atoms with Crippen molar-refractivity contribution in [2.75, 3.05) is 24.7 Å². The van der Waals surface area contributed by atoms with E-state index in [1.165, 1.54) is 21.6 Å². The summed E-state index contributed by atoms with van der Waals surface area (Å²) >= 11 is 11.7. The van der Waals surface area contributed by atoms with Gasteiger partial charge in [-0.25, -0.2) is 0 Å². The molecule has 3 heterocycles. The van der Waals surface area contributed by atoms with Crippen molar-refractivity contribution in [1.82, 2.24) is 4.90 Å². The van der Waals surface area contributed by atoms with Gasteiger partial charge in [0.2, 0.25) is 5.91 Å². The number of thioether (sulfide) groups is 1. The number of aliphatic hydroxyl groups excluding tert-OH is 1. The second-order valence-corrected chi connectivity index (χ2v) is 12.0. The van der Waals surface area contributed by atoms with Crippen LogP contribution in [0, 0.1) is 11.8 Å². The maximum atomic E-state index is 14.3. The van der Waals surface area contributed by atoms with E-state index < -0.39 is 34.6 Å². The van der Waals surface area contributed by atoms with Crippen molar-refractivity contribution in [3.05, 3.63) is 41.9 Å². The van der Waals surface area contributed by atoms with Gasteiger partial charge in [0, 0.05) is 16.6 Å². The Kier molecular flexibility index (Phi) is 7.39. The van der Waals surface area contributed by atoms with Gasteiger partial charge in [-0.1, -0.05) is 45.7 Å². The van der Waals surface area contributed by atoms with Gasteiger partial charge in [0.1, 0.15) is 6.04 Å². The number of carbonyl (C=O) groups is 3. The zero-order valence-corrected chi connectivity index (χ0v) is 22.2. The van der Waals surface area contributed by atoms with Crippen molar-refractivity contribution in [2.45, 2.75) is 47.2 Å². The Balaban J connectivity index is 1.83. The summed E-state index contributed by atoms with van der Waals surface area (Å²) in [5, 5.41) is 10.2. The number of esters is 1. The first kappa shape index (κ1) is 25.5. The van der Waals surface area contributed by atoms with Gasteiger partial charge < -0.3 is 19.6 Å². The molecule has 3 aliphatic heterocycles. The third-order valence-electron chi connectivity index (χ3n) is 6.98. The molecule has 0 saturated carbocycles. The van der Waals surface area contributed by atoms with Crippen LogP contribution in [0.3, 0.4) is 0 Å². The van der Waals surface area contributed by atoms with E-state index in [0.717, 1.165) is 0 Å². The number of fused-ring (bicyclic) bond motifs is 1. The van der Waals surface area contributed by atoms with E-state index >= 15 is 0 Å². The van der Waals surface area contributed by atoms with Crippen molar-refractivity contribution in [3.8, 4) is 0 Å². The Bertz CT molecular complexity index is 1010. The van der Waals surface area contributed by atoms with Crippen molar-refractivity contribution < 1.29 is 24.2 Å². The molecule has 1 spiro atoms. The zero-order valence-electron chi connectivity index (χ0n) is 19.0. The zero-order chi connectivity index (χ0) is 24.8. The summed E-state index contributed by atoms with van der Waals surface area (Å²) in [5.41, 5.74) is 0.521. The number of halogens is 2. The van der Waals surface area contributed by atoms with Crippen LogP contribution in [0.1, 0.15) is 20.3 Å². The molecule has 7 atom stereocenters. The van der Waals surface area contributed by atoms with Gasteiger partial charge in [0.15, 0.2) is 0 Å². The second kappa shape index (κ2) is 9.84. The van der Waals surface area contributed by atoms with Gasteiger partial charge in [0.25, 0.3) is 5.91 Å². The number of carbonyl (C=O) groups excluding carboxylic acids is 3. The molecular weight excluding hydrogens is 544 g/mol. The summed E-state index contributed by atoms with van der Waals surface area (Å²) in [6.45, 7) is 7.36. The van der Waals surface area contributed by atoms with Crippen LogP contribution in [0.2, 0.25) is 5.02 Å². The van der Waals surface area contributed by atoms with E-state index in [2.05, 4.69) is 22.5 Å². The Morgan fingerprint density at radius 1 is 1.47 bits per heavy atom. The first-order chi connectivity index (χ1) is 16.2. The molecule has 3 fully saturated rings. The predicted molar refractivity (Wildman–Crippen MR) is 136 cm³/mol. The van der Waals surface area contributed by atoms with Crippen molar-refractivity contribution >= 4 is 62.8 Å². The van der Waals surface area contributed by atoms with Gasteiger partial charge >= 0.3 is 5.97 Å². The largest absolute Gasteiger partial charge is 0.466 e. The van der Waals surface area contributed by atoms with Gasteiger partial charge in [-0.15, -0.1) is 18.3 Å². The minimum absolute atomic E-state index is 0.0520. The van der Waals surface area contributed by atoms with Crippen LogP contribution in [-0.4, -0.2) is 74.5 Å². The number of alkyl halides is 1. The molecule has 1 aromatic carbocycles. The smallest absolute Gasteiger partial charge is 0.310 e. The number of anilines is 1. The lowest BCUT2D eigenvalue weighted by Crippen LogP contribution is -2.57. The van der Waals surface area contributed by atoms with E-state index in [0.29, 0.717) is 17.1 Å². The molecule has 0 aliphatic carbocycles. The van der Waals surface area contributed by atoms with Gasteiger partial charge in [-0.3, -0.25) is 14.4 Å². The van der Waals surface area contributed by atoms with Crippen molar-refractivity contribution in [2.24, 2.45) is 11.8 Å². The molecular formula is C24H28BrClN2O5S. The number of para-hydroxylation sites is 1. The summed E-state index contributed by atoms with van der Waals surface area (Å²) in [4.78, 5) is 44.1. The molecule has 0 aromatic heterocycles. The highest BCUT2D eigenvalue weighted by Gasteiger charge is 2.76. The molecule has 4 rings (SSSR count). The fourth-order valence-corrected chi connectivity index (χ4v) is 9.49. The number of hydrogen-bond acceptors (Lipinski definition) is 6. The first-order valence-electron chi connectivity index (χ1n) is 11.3. The fraction of sp³-hybridized carbons (Fsp3) is 0.542. The topological polar surface area (TPSA) is 87.2 Å². The van der Waals surface area contributed by atoms with Crippen LogP contribution in [0.15, 0.2) is 36.9 Å². The lowest BCUT2D eigenvalue weighted by Gasteiger charge is -2.39. The summed E-state index contributed by atoms with van der Waals surface area (Å²) < 4.78 is 4.52. The number of ether oxygens (including phenoxy) is 1. The molecule has 34 heavy (non-hydrogen) atoms. The quantitative estimate of drug-likeness (QED) is 0.293. The molecule has 0 radical (unpaired) electrons. The molecule has 1 N–H and O–H groups in total. The maximum Gasteiger partial charge on any atom is 0.310 e. The highest BCUT2D eigenvalue weighted by molar-refractivity contribution is 9.09. The minimum atomic E-state index is -0.877. The van der Waals surface area contributed by atoms with Crippen LogP contribution in [-0.2, 0) is 19.1 Å². The Morgan fingerprint density at radius 2 is 2.18 bits per heavy atom. The fourth-order valence-electron chi connectivity index (χ4n) is 5.67. The second-order valence-electron chi connectivity index (χ2n) is 8.88. The highest BCUT2D eigenvalue weighted by Crippen LogP contribution is 2.68. The summed E-state index contributed by atoms with van der Waals surface area (Å²) in [6.07, 6.45) is 2.16.